The molecule has 1 aliphatic heterocycles. The number of piperidine rings is 1. The van der Waals surface area contributed by atoms with Gasteiger partial charge in [-0.15, -0.1) is 0 Å². The fourth-order valence-electron chi connectivity index (χ4n) is 2.43. The maximum atomic E-state index is 12.3. The topological polar surface area (TPSA) is 53.7 Å². The number of furan rings is 1. The maximum absolute atomic E-state index is 12.3. The molecular weight excluding hydrogens is 218 g/mol. The van der Waals surface area contributed by atoms with Crippen LogP contribution < -0.4 is 0 Å². The summed E-state index contributed by atoms with van der Waals surface area (Å²) in [7, 11) is 0. The number of amides is 1. The van der Waals surface area contributed by atoms with E-state index in [-0.39, 0.29) is 11.9 Å². The van der Waals surface area contributed by atoms with Crippen molar-refractivity contribution in [2.45, 2.75) is 45.3 Å². The van der Waals surface area contributed by atoms with E-state index < -0.39 is 6.10 Å². The first-order chi connectivity index (χ1) is 8.11. The summed E-state index contributed by atoms with van der Waals surface area (Å²) in [6.07, 6.45) is 3.97. The Morgan fingerprint density at radius 3 is 2.94 bits per heavy atom. The van der Waals surface area contributed by atoms with Crippen LogP contribution in [0, 0.1) is 6.92 Å². The Hall–Kier alpha value is -1.29. The Kier molecular flexibility index (Phi) is 3.52. The summed E-state index contributed by atoms with van der Waals surface area (Å²) in [4.78, 5) is 14.1. The molecule has 0 unspecified atom stereocenters. The Labute approximate surface area is 101 Å². The van der Waals surface area contributed by atoms with E-state index in [2.05, 4.69) is 0 Å². The van der Waals surface area contributed by atoms with E-state index >= 15 is 0 Å². The van der Waals surface area contributed by atoms with Gasteiger partial charge in [0.2, 0.25) is 0 Å². The Bertz CT molecular complexity index is 397. The number of aliphatic hydroxyl groups excluding tert-OH is 1. The minimum absolute atomic E-state index is 0.0826. The average Bonchev–Trinajstić information content (AvgIpc) is 2.74. The van der Waals surface area contributed by atoms with Crippen LogP contribution in [0.5, 0.6) is 0 Å². The minimum Gasteiger partial charge on any atom is -0.459 e. The molecule has 1 aromatic rings. The van der Waals surface area contributed by atoms with Gasteiger partial charge in [0.1, 0.15) is 0 Å². The molecule has 0 spiro atoms. The van der Waals surface area contributed by atoms with Gasteiger partial charge in [-0.25, -0.2) is 0 Å². The smallest absolute Gasteiger partial charge is 0.290 e. The number of aliphatic hydroxyl groups is 1. The van der Waals surface area contributed by atoms with Crippen LogP contribution >= 0.6 is 0 Å². The van der Waals surface area contributed by atoms with Crippen molar-refractivity contribution >= 4 is 5.91 Å². The van der Waals surface area contributed by atoms with E-state index in [1.165, 1.54) is 6.26 Å². The first kappa shape index (κ1) is 12.2. The number of nitrogens with zero attached hydrogens (tertiary/aromatic N) is 1. The van der Waals surface area contributed by atoms with Crippen molar-refractivity contribution in [3.8, 4) is 0 Å². The molecule has 1 N–H and O–H groups in total. The molecule has 1 amide bonds. The number of carbonyl (C=O) groups is 1. The second-order valence-corrected chi connectivity index (χ2v) is 4.74. The van der Waals surface area contributed by atoms with Crippen LogP contribution in [-0.4, -0.2) is 34.6 Å². The summed E-state index contributed by atoms with van der Waals surface area (Å²) < 4.78 is 5.23. The molecular formula is C13H19NO3. The number of carbonyl (C=O) groups excluding carboxylic acids is 1. The van der Waals surface area contributed by atoms with Crippen molar-refractivity contribution in [1.29, 1.82) is 0 Å². The molecule has 0 aromatic carbocycles. The van der Waals surface area contributed by atoms with Gasteiger partial charge < -0.3 is 14.4 Å². The third kappa shape index (κ3) is 2.36. The summed E-state index contributed by atoms with van der Waals surface area (Å²) in [5, 5.41) is 9.74. The number of hydrogen-bond donors (Lipinski definition) is 1. The summed E-state index contributed by atoms with van der Waals surface area (Å²) in [6, 6.07) is 1.70. The van der Waals surface area contributed by atoms with Gasteiger partial charge in [0, 0.05) is 12.1 Å². The van der Waals surface area contributed by atoms with Crippen molar-refractivity contribution in [1.82, 2.24) is 4.90 Å². The van der Waals surface area contributed by atoms with Crippen molar-refractivity contribution in [2.75, 3.05) is 6.54 Å². The number of aryl methyl sites for hydroxylation is 1. The van der Waals surface area contributed by atoms with Gasteiger partial charge in [0.15, 0.2) is 5.76 Å². The van der Waals surface area contributed by atoms with Crippen LogP contribution in [0.3, 0.4) is 0 Å². The van der Waals surface area contributed by atoms with Crippen molar-refractivity contribution in [3.05, 3.63) is 23.7 Å². The molecule has 1 aliphatic rings. The summed E-state index contributed by atoms with van der Waals surface area (Å²) in [5.74, 6) is 0.302. The van der Waals surface area contributed by atoms with Gasteiger partial charge >= 0.3 is 0 Å². The Balaban J connectivity index is 2.20. The van der Waals surface area contributed by atoms with Gasteiger partial charge in [0.25, 0.3) is 5.91 Å². The highest BCUT2D eigenvalue weighted by Crippen LogP contribution is 2.23. The molecule has 4 nitrogen and oxygen atoms in total. The van der Waals surface area contributed by atoms with Gasteiger partial charge in [-0.3, -0.25) is 4.79 Å². The summed E-state index contributed by atoms with van der Waals surface area (Å²) in [5.41, 5.74) is 0.852. The molecule has 2 atom stereocenters. The summed E-state index contributed by atoms with van der Waals surface area (Å²) >= 11 is 0. The molecule has 0 aliphatic carbocycles. The third-order valence-electron chi connectivity index (χ3n) is 3.42. The zero-order chi connectivity index (χ0) is 12.4. The van der Waals surface area contributed by atoms with Crippen molar-refractivity contribution in [3.63, 3.8) is 0 Å². The molecule has 17 heavy (non-hydrogen) atoms. The molecule has 1 fully saturated rings. The van der Waals surface area contributed by atoms with Crippen molar-refractivity contribution < 1.29 is 14.3 Å². The largest absolute Gasteiger partial charge is 0.459 e. The predicted molar refractivity (Wildman–Crippen MR) is 63.8 cm³/mol. The quantitative estimate of drug-likeness (QED) is 0.855. The van der Waals surface area contributed by atoms with E-state index in [0.29, 0.717) is 12.3 Å². The molecule has 4 heteroatoms. The molecule has 0 bridgehead atoms. The number of rotatable bonds is 2. The first-order valence-electron chi connectivity index (χ1n) is 6.14. The molecule has 0 radical (unpaired) electrons. The van der Waals surface area contributed by atoms with Crippen LogP contribution in [0.25, 0.3) is 0 Å². The molecule has 2 heterocycles. The number of hydrogen-bond acceptors (Lipinski definition) is 3. The number of likely N-dealkylation sites (tertiary alicyclic amines) is 1. The SMILES string of the molecule is Cc1ccoc1C(=O)N1CCCC[C@@H]1[C@H](C)O. The van der Waals surface area contributed by atoms with Crippen molar-refractivity contribution in [2.24, 2.45) is 0 Å². The van der Waals surface area contributed by atoms with Crippen LogP contribution in [0.1, 0.15) is 42.3 Å². The van der Waals surface area contributed by atoms with Crippen LogP contribution in [0.4, 0.5) is 0 Å². The first-order valence-corrected chi connectivity index (χ1v) is 6.14. The van der Waals surface area contributed by atoms with Crippen LogP contribution in [0.2, 0.25) is 0 Å². The molecule has 94 valence electrons. The van der Waals surface area contributed by atoms with Crippen LogP contribution in [0.15, 0.2) is 16.7 Å². The van der Waals surface area contributed by atoms with E-state index in [4.69, 9.17) is 4.42 Å². The van der Waals surface area contributed by atoms with Gasteiger partial charge in [-0.2, -0.15) is 0 Å². The third-order valence-corrected chi connectivity index (χ3v) is 3.42. The lowest BCUT2D eigenvalue weighted by atomic mass is 9.97. The molecule has 2 rings (SSSR count). The highest BCUT2D eigenvalue weighted by molar-refractivity contribution is 5.93. The monoisotopic (exact) mass is 237 g/mol. The zero-order valence-electron chi connectivity index (χ0n) is 10.3. The van der Waals surface area contributed by atoms with E-state index in [1.54, 1.807) is 17.9 Å². The van der Waals surface area contributed by atoms with E-state index in [1.807, 2.05) is 6.92 Å². The van der Waals surface area contributed by atoms with Crippen LogP contribution in [-0.2, 0) is 0 Å². The normalized spacial score (nSPS) is 22.5. The lowest BCUT2D eigenvalue weighted by Crippen LogP contribution is -2.48. The Morgan fingerprint density at radius 1 is 1.59 bits per heavy atom. The van der Waals surface area contributed by atoms with Gasteiger partial charge in [-0.1, -0.05) is 0 Å². The minimum atomic E-state index is -0.491. The average molecular weight is 237 g/mol. The lowest BCUT2D eigenvalue weighted by molar-refractivity contribution is 0.0257. The Morgan fingerprint density at radius 2 is 2.35 bits per heavy atom. The highest BCUT2D eigenvalue weighted by Gasteiger charge is 2.32. The molecule has 1 aromatic heterocycles. The standard InChI is InChI=1S/C13H19NO3/c1-9-6-8-17-12(9)13(16)14-7-4-3-5-11(14)10(2)15/h6,8,10-11,15H,3-5,7H2,1-2H3/t10-,11+/m0/s1. The second kappa shape index (κ2) is 4.92. The highest BCUT2D eigenvalue weighted by atomic mass is 16.3. The van der Waals surface area contributed by atoms with Gasteiger partial charge in [-0.05, 0) is 39.2 Å². The summed E-state index contributed by atoms with van der Waals surface area (Å²) in [6.45, 7) is 4.30. The fourth-order valence-corrected chi connectivity index (χ4v) is 2.43. The van der Waals surface area contributed by atoms with E-state index in [9.17, 15) is 9.90 Å². The van der Waals surface area contributed by atoms with Gasteiger partial charge in [0.05, 0.1) is 18.4 Å². The maximum Gasteiger partial charge on any atom is 0.290 e. The lowest BCUT2D eigenvalue weighted by Gasteiger charge is -2.37. The fraction of sp³-hybridized carbons (Fsp3) is 0.615. The second-order valence-electron chi connectivity index (χ2n) is 4.74. The predicted octanol–water partition coefficient (Wildman–Crippen LogP) is 1.96. The zero-order valence-corrected chi connectivity index (χ0v) is 10.3. The molecule has 0 saturated carbocycles. The van der Waals surface area contributed by atoms with E-state index in [0.717, 1.165) is 24.8 Å². The molecule has 1 saturated heterocycles.